The van der Waals surface area contributed by atoms with Crippen LogP contribution in [0.5, 0.6) is 0 Å². The Morgan fingerprint density at radius 2 is 2.23 bits per heavy atom. The van der Waals surface area contributed by atoms with E-state index in [0.717, 1.165) is 17.7 Å². The van der Waals surface area contributed by atoms with Crippen molar-refractivity contribution in [2.24, 2.45) is 0 Å². The van der Waals surface area contributed by atoms with Gasteiger partial charge in [0.25, 0.3) is 0 Å². The summed E-state index contributed by atoms with van der Waals surface area (Å²) in [5.74, 6) is 0.536. The number of amides is 1. The van der Waals surface area contributed by atoms with Gasteiger partial charge in [0.2, 0.25) is 5.91 Å². The van der Waals surface area contributed by atoms with Crippen LogP contribution in [0.15, 0.2) is 18.2 Å². The average molecular weight is 196 g/mol. The lowest BCUT2D eigenvalue weighted by molar-refractivity contribution is -0.116. The zero-order valence-electron chi connectivity index (χ0n) is 7.14. The van der Waals surface area contributed by atoms with E-state index in [0.29, 0.717) is 12.3 Å². The Bertz CT molecular complexity index is 335. The highest BCUT2D eigenvalue weighted by Gasteiger charge is 2.16. The van der Waals surface area contributed by atoms with Gasteiger partial charge in [0, 0.05) is 18.0 Å². The van der Waals surface area contributed by atoms with Crippen molar-refractivity contribution in [3.05, 3.63) is 29.3 Å². The quantitative estimate of drug-likeness (QED) is 0.685. The summed E-state index contributed by atoms with van der Waals surface area (Å²) in [6.45, 7) is 0. The molecule has 1 aromatic rings. The molecule has 1 N–H and O–H groups in total. The molecule has 0 bridgehead atoms. The van der Waals surface area contributed by atoms with Crippen molar-refractivity contribution < 1.29 is 4.79 Å². The zero-order valence-corrected chi connectivity index (χ0v) is 7.90. The first-order chi connectivity index (χ1) is 6.31. The minimum atomic E-state index is 0.0880. The van der Waals surface area contributed by atoms with E-state index < -0.39 is 0 Å². The first kappa shape index (κ1) is 8.57. The van der Waals surface area contributed by atoms with Crippen LogP contribution in [-0.2, 0) is 17.1 Å². The van der Waals surface area contributed by atoms with Crippen LogP contribution in [0.3, 0.4) is 0 Å². The summed E-state index contributed by atoms with van der Waals surface area (Å²) in [6.07, 6.45) is 1.41. The number of benzene rings is 1. The maximum atomic E-state index is 11.1. The predicted molar refractivity (Wildman–Crippen MR) is 52.9 cm³/mol. The molecule has 3 heteroatoms. The maximum absolute atomic E-state index is 11.1. The van der Waals surface area contributed by atoms with Crippen molar-refractivity contribution in [1.82, 2.24) is 0 Å². The van der Waals surface area contributed by atoms with E-state index >= 15 is 0 Å². The van der Waals surface area contributed by atoms with E-state index in [1.54, 1.807) is 0 Å². The molecule has 0 aromatic heterocycles. The van der Waals surface area contributed by atoms with Crippen LogP contribution in [0.1, 0.15) is 17.5 Å². The van der Waals surface area contributed by atoms with Crippen molar-refractivity contribution in [2.45, 2.75) is 18.7 Å². The van der Waals surface area contributed by atoms with Crippen LogP contribution in [0.25, 0.3) is 0 Å². The topological polar surface area (TPSA) is 29.1 Å². The molecule has 68 valence electrons. The average Bonchev–Trinajstić information content (AvgIpc) is 2.17. The van der Waals surface area contributed by atoms with Crippen molar-refractivity contribution in [1.29, 1.82) is 0 Å². The Kier molecular flexibility index (Phi) is 2.23. The number of rotatable bonds is 1. The largest absolute Gasteiger partial charge is 0.326 e. The molecule has 2 nitrogen and oxygen atoms in total. The third kappa shape index (κ3) is 1.54. The van der Waals surface area contributed by atoms with Crippen LogP contribution in [0.2, 0.25) is 0 Å². The van der Waals surface area contributed by atoms with Crippen molar-refractivity contribution in [2.75, 3.05) is 5.32 Å². The van der Waals surface area contributed by atoms with E-state index in [9.17, 15) is 4.79 Å². The SMILES string of the molecule is O=C1CCc2cccc(CCl)c2N1. The minimum absolute atomic E-state index is 0.0880. The Balaban J connectivity index is 2.46. The van der Waals surface area contributed by atoms with Crippen LogP contribution in [0.4, 0.5) is 5.69 Å². The molecule has 0 saturated carbocycles. The van der Waals surface area contributed by atoms with Gasteiger partial charge >= 0.3 is 0 Å². The molecule has 1 aliphatic heterocycles. The number of aryl methyl sites for hydroxylation is 1. The fraction of sp³-hybridized carbons (Fsp3) is 0.300. The number of fused-ring (bicyclic) bond motifs is 1. The molecule has 13 heavy (non-hydrogen) atoms. The lowest BCUT2D eigenvalue weighted by atomic mass is 10.00. The Hall–Kier alpha value is -1.02. The first-order valence-electron chi connectivity index (χ1n) is 4.28. The van der Waals surface area contributed by atoms with Gasteiger partial charge in [0.05, 0.1) is 0 Å². The molecule has 0 radical (unpaired) electrons. The monoisotopic (exact) mass is 195 g/mol. The second-order valence-electron chi connectivity index (χ2n) is 3.13. The highest BCUT2D eigenvalue weighted by Crippen LogP contribution is 2.27. The number of carbonyl (C=O) groups is 1. The highest BCUT2D eigenvalue weighted by molar-refractivity contribution is 6.17. The van der Waals surface area contributed by atoms with Gasteiger partial charge in [-0.05, 0) is 17.5 Å². The Morgan fingerprint density at radius 3 is 3.00 bits per heavy atom. The molecule has 1 amide bonds. The van der Waals surface area contributed by atoms with Gasteiger partial charge in [-0.15, -0.1) is 11.6 Å². The normalized spacial score (nSPS) is 15.0. The predicted octanol–water partition coefficient (Wildman–Crippen LogP) is 2.31. The zero-order chi connectivity index (χ0) is 9.26. The molecular formula is C10H10ClNO. The smallest absolute Gasteiger partial charge is 0.224 e. The number of hydrogen-bond acceptors (Lipinski definition) is 1. The molecule has 0 atom stereocenters. The van der Waals surface area contributed by atoms with Gasteiger partial charge in [0.15, 0.2) is 0 Å². The Labute approximate surface area is 81.9 Å². The molecule has 1 aromatic carbocycles. The van der Waals surface area contributed by atoms with Crippen molar-refractivity contribution in [3.63, 3.8) is 0 Å². The number of anilines is 1. The van der Waals surface area contributed by atoms with E-state index in [-0.39, 0.29) is 5.91 Å². The Morgan fingerprint density at radius 1 is 1.38 bits per heavy atom. The van der Waals surface area contributed by atoms with E-state index in [4.69, 9.17) is 11.6 Å². The van der Waals surface area contributed by atoms with Crippen LogP contribution < -0.4 is 5.32 Å². The summed E-state index contributed by atoms with van der Waals surface area (Å²) >= 11 is 5.76. The summed E-state index contributed by atoms with van der Waals surface area (Å²) in [4.78, 5) is 11.1. The van der Waals surface area contributed by atoms with Gasteiger partial charge in [-0.1, -0.05) is 18.2 Å². The van der Waals surface area contributed by atoms with Crippen LogP contribution in [0, 0.1) is 0 Å². The molecular weight excluding hydrogens is 186 g/mol. The molecule has 0 fully saturated rings. The maximum Gasteiger partial charge on any atom is 0.224 e. The lowest BCUT2D eigenvalue weighted by Crippen LogP contribution is -2.20. The summed E-state index contributed by atoms with van der Waals surface area (Å²) in [5.41, 5.74) is 3.12. The van der Waals surface area contributed by atoms with Gasteiger partial charge in [-0.2, -0.15) is 0 Å². The van der Waals surface area contributed by atoms with E-state index in [1.807, 2.05) is 18.2 Å². The van der Waals surface area contributed by atoms with Crippen LogP contribution in [-0.4, -0.2) is 5.91 Å². The molecule has 0 unspecified atom stereocenters. The number of para-hydroxylation sites is 1. The lowest BCUT2D eigenvalue weighted by Gasteiger charge is -2.18. The summed E-state index contributed by atoms with van der Waals surface area (Å²) < 4.78 is 0. The number of carbonyl (C=O) groups excluding carboxylic acids is 1. The van der Waals surface area contributed by atoms with Crippen molar-refractivity contribution >= 4 is 23.2 Å². The van der Waals surface area contributed by atoms with Crippen molar-refractivity contribution in [3.8, 4) is 0 Å². The summed E-state index contributed by atoms with van der Waals surface area (Å²) in [6, 6.07) is 5.95. The molecule has 1 heterocycles. The summed E-state index contributed by atoms with van der Waals surface area (Å²) in [7, 11) is 0. The van der Waals surface area contributed by atoms with Gasteiger partial charge in [0.1, 0.15) is 0 Å². The van der Waals surface area contributed by atoms with E-state index in [1.165, 1.54) is 5.56 Å². The second-order valence-corrected chi connectivity index (χ2v) is 3.40. The number of hydrogen-bond donors (Lipinski definition) is 1. The fourth-order valence-corrected chi connectivity index (χ4v) is 1.81. The highest BCUT2D eigenvalue weighted by atomic mass is 35.5. The van der Waals surface area contributed by atoms with Gasteiger partial charge in [-0.25, -0.2) is 0 Å². The third-order valence-corrected chi connectivity index (χ3v) is 2.55. The molecule has 2 rings (SSSR count). The molecule has 0 aliphatic carbocycles. The third-order valence-electron chi connectivity index (χ3n) is 2.27. The minimum Gasteiger partial charge on any atom is -0.326 e. The molecule has 0 spiro atoms. The molecule has 1 aliphatic rings. The van der Waals surface area contributed by atoms with Gasteiger partial charge < -0.3 is 5.32 Å². The first-order valence-corrected chi connectivity index (χ1v) is 4.81. The van der Waals surface area contributed by atoms with Gasteiger partial charge in [-0.3, -0.25) is 4.79 Å². The molecule has 0 saturated heterocycles. The fourth-order valence-electron chi connectivity index (χ4n) is 1.58. The second kappa shape index (κ2) is 3.38. The summed E-state index contributed by atoms with van der Waals surface area (Å²) in [5, 5.41) is 2.86. The van der Waals surface area contributed by atoms with Crippen LogP contribution >= 0.6 is 11.6 Å². The number of halogens is 1. The van der Waals surface area contributed by atoms with E-state index in [2.05, 4.69) is 5.32 Å². The number of nitrogens with one attached hydrogen (secondary N) is 1. The standard InChI is InChI=1S/C10H10ClNO/c11-6-8-3-1-2-7-4-5-9(13)12-10(7)8/h1-3H,4-6H2,(H,12,13). The number of alkyl halides is 1.